The van der Waals surface area contributed by atoms with Gasteiger partial charge in [0.1, 0.15) is 0 Å². The molecule has 0 aromatic heterocycles. The fourth-order valence-electron chi connectivity index (χ4n) is 2.70. The normalized spacial score (nSPS) is 13.7. The molecule has 0 spiro atoms. The van der Waals surface area contributed by atoms with Crippen LogP contribution in [-0.4, -0.2) is 11.8 Å². The van der Waals surface area contributed by atoms with Crippen molar-refractivity contribution in [3.63, 3.8) is 0 Å². The van der Waals surface area contributed by atoms with Crippen molar-refractivity contribution in [1.82, 2.24) is 0 Å². The van der Waals surface area contributed by atoms with Crippen LogP contribution in [-0.2, 0) is 0 Å². The van der Waals surface area contributed by atoms with Crippen molar-refractivity contribution in [2.45, 2.75) is 52.5 Å². The molecule has 1 nitrogen and oxygen atoms in total. The molecule has 20 heavy (non-hydrogen) atoms. The molecule has 0 heterocycles. The molecule has 1 heteroatoms. The van der Waals surface area contributed by atoms with Gasteiger partial charge in [-0.1, -0.05) is 68.7 Å². The molecular weight excluding hydrogens is 242 g/mol. The first-order valence-electron chi connectivity index (χ1n) is 7.75. The fraction of sp³-hybridized carbons (Fsp3) is 0.421. The van der Waals surface area contributed by atoms with E-state index >= 15 is 0 Å². The third-order valence-corrected chi connectivity index (χ3v) is 3.82. The molecule has 1 atom stereocenters. The second-order valence-electron chi connectivity index (χ2n) is 5.59. The summed E-state index contributed by atoms with van der Waals surface area (Å²) in [6.45, 7) is 6.61. The zero-order valence-electron chi connectivity index (χ0n) is 12.9. The summed E-state index contributed by atoms with van der Waals surface area (Å²) >= 11 is 0. The third-order valence-electron chi connectivity index (χ3n) is 3.82. The van der Waals surface area contributed by atoms with Gasteiger partial charge in [-0.05, 0) is 31.0 Å². The standard InChI is InChI=1S/C19H25N/c1-4-5-6-10-15(2)20-16(3)18-14-9-12-17-11-7-8-13-19(17)18/h7-9,11-15H,4-6,10H2,1-3H3. The molecule has 2 aromatic carbocycles. The zero-order valence-corrected chi connectivity index (χ0v) is 12.9. The molecule has 2 aromatic rings. The Morgan fingerprint density at radius 1 is 1.05 bits per heavy atom. The lowest BCUT2D eigenvalue weighted by atomic mass is 10.0. The number of fused-ring (bicyclic) bond motifs is 1. The lowest BCUT2D eigenvalue weighted by Gasteiger charge is -2.10. The molecule has 0 fully saturated rings. The van der Waals surface area contributed by atoms with Gasteiger partial charge in [-0.15, -0.1) is 0 Å². The van der Waals surface area contributed by atoms with Crippen LogP contribution >= 0.6 is 0 Å². The Morgan fingerprint density at radius 3 is 2.60 bits per heavy atom. The van der Waals surface area contributed by atoms with Crippen molar-refractivity contribution >= 4 is 16.5 Å². The maximum absolute atomic E-state index is 4.89. The molecule has 0 saturated carbocycles. The summed E-state index contributed by atoms with van der Waals surface area (Å²) in [5.74, 6) is 0. The highest BCUT2D eigenvalue weighted by atomic mass is 14.8. The quantitative estimate of drug-likeness (QED) is 0.476. The van der Waals surface area contributed by atoms with Crippen molar-refractivity contribution in [2.75, 3.05) is 0 Å². The van der Waals surface area contributed by atoms with Crippen molar-refractivity contribution in [1.29, 1.82) is 0 Å². The van der Waals surface area contributed by atoms with Crippen molar-refractivity contribution in [2.24, 2.45) is 4.99 Å². The number of benzene rings is 2. The van der Waals surface area contributed by atoms with Gasteiger partial charge in [0.25, 0.3) is 0 Å². The number of hydrogen-bond donors (Lipinski definition) is 0. The minimum atomic E-state index is 0.417. The maximum Gasteiger partial charge on any atom is 0.0474 e. The monoisotopic (exact) mass is 267 g/mol. The van der Waals surface area contributed by atoms with Crippen LogP contribution in [0.5, 0.6) is 0 Å². The van der Waals surface area contributed by atoms with Crippen LogP contribution in [0.25, 0.3) is 10.8 Å². The summed E-state index contributed by atoms with van der Waals surface area (Å²) in [6, 6.07) is 15.4. The second kappa shape index (κ2) is 7.23. The van der Waals surface area contributed by atoms with Crippen LogP contribution in [0.1, 0.15) is 52.0 Å². The third kappa shape index (κ3) is 3.69. The van der Waals surface area contributed by atoms with Crippen LogP contribution in [0, 0.1) is 0 Å². The maximum atomic E-state index is 4.89. The lowest BCUT2D eigenvalue weighted by Crippen LogP contribution is -2.04. The molecule has 0 aliphatic heterocycles. The number of nitrogens with zero attached hydrogens (tertiary/aromatic N) is 1. The largest absolute Gasteiger partial charge is 0.286 e. The van der Waals surface area contributed by atoms with Crippen molar-refractivity contribution in [3.05, 3.63) is 48.0 Å². The summed E-state index contributed by atoms with van der Waals surface area (Å²) in [4.78, 5) is 4.89. The number of unbranched alkanes of at least 4 members (excludes halogenated alkanes) is 2. The first-order chi connectivity index (χ1) is 9.72. The van der Waals surface area contributed by atoms with Crippen LogP contribution < -0.4 is 0 Å². The Labute approximate surface area is 122 Å². The van der Waals surface area contributed by atoms with E-state index in [9.17, 15) is 0 Å². The second-order valence-corrected chi connectivity index (χ2v) is 5.59. The van der Waals surface area contributed by atoms with E-state index in [2.05, 4.69) is 63.2 Å². The van der Waals surface area contributed by atoms with E-state index in [1.165, 1.54) is 42.0 Å². The topological polar surface area (TPSA) is 12.4 Å². The zero-order chi connectivity index (χ0) is 14.4. The smallest absolute Gasteiger partial charge is 0.0474 e. The Morgan fingerprint density at radius 2 is 1.80 bits per heavy atom. The van der Waals surface area contributed by atoms with Gasteiger partial charge in [-0.3, -0.25) is 4.99 Å². The van der Waals surface area contributed by atoms with Crippen LogP contribution in [0.3, 0.4) is 0 Å². The molecule has 0 radical (unpaired) electrons. The SMILES string of the molecule is CCCCCC(C)N=C(C)c1cccc2ccccc12. The predicted molar refractivity (Wildman–Crippen MR) is 89.8 cm³/mol. The lowest BCUT2D eigenvalue weighted by molar-refractivity contribution is 0.593. The average molecular weight is 267 g/mol. The molecule has 0 amide bonds. The van der Waals surface area contributed by atoms with E-state index in [-0.39, 0.29) is 0 Å². The van der Waals surface area contributed by atoms with Crippen molar-refractivity contribution in [3.8, 4) is 0 Å². The average Bonchev–Trinajstić information content (AvgIpc) is 2.47. The van der Waals surface area contributed by atoms with Gasteiger partial charge >= 0.3 is 0 Å². The molecule has 0 bridgehead atoms. The summed E-state index contributed by atoms with van der Waals surface area (Å²) in [6.07, 6.45) is 5.06. The minimum Gasteiger partial charge on any atom is -0.286 e. The highest BCUT2D eigenvalue weighted by Crippen LogP contribution is 2.20. The molecule has 106 valence electrons. The number of aliphatic imine (C=N–C) groups is 1. The van der Waals surface area contributed by atoms with Crippen LogP contribution in [0.15, 0.2) is 47.5 Å². The summed E-state index contributed by atoms with van der Waals surface area (Å²) < 4.78 is 0. The van der Waals surface area contributed by atoms with Gasteiger partial charge in [-0.2, -0.15) is 0 Å². The first-order valence-corrected chi connectivity index (χ1v) is 7.75. The minimum absolute atomic E-state index is 0.417. The van der Waals surface area contributed by atoms with E-state index in [0.717, 1.165) is 5.71 Å². The summed E-state index contributed by atoms with van der Waals surface area (Å²) in [5, 5.41) is 2.59. The van der Waals surface area contributed by atoms with Gasteiger partial charge in [0.15, 0.2) is 0 Å². The molecular formula is C19H25N. The van der Waals surface area contributed by atoms with E-state index < -0.39 is 0 Å². The van der Waals surface area contributed by atoms with Crippen LogP contribution in [0.2, 0.25) is 0 Å². The van der Waals surface area contributed by atoms with Gasteiger partial charge in [0, 0.05) is 17.3 Å². The highest BCUT2D eigenvalue weighted by molar-refractivity contribution is 6.09. The molecule has 2 rings (SSSR count). The van der Waals surface area contributed by atoms with Gasteiger partial charge < -0.3 is 0 Å². The van der Waals surface area contributed by atoms with E-state index in [1.807, 2.05) is 0 Å². The summed E-state index contributed by atoms with van der Waals surface area (Å²) in [5.41, 5.74) is 2.43. The highest BCUT2D eigenvalue weighted by Gasteiger charge is 2.05. The Balaban J connectivity index is 2.20. The van der Waals surface area contributed by atoms with E-state index in [1.54, 1.807) is 0 Å². The van der Waals surface area contributed by atoms with E-state index in [0.29, 0.717) is 6.04 Å². The first kappa shape index (κ1) is 14.8. The number of rotatable bonds is 6. The number of hydrogen-bond acceptors (Lipinski definition) is 1. The van der Waals surface area contributed by atoms with Gasteiger partial charge in [0.05, 0.1) is 0 Å². The Hall–Kier alpha value is -1.63. The Bertz CT molecular complexity index is 578. The predicted octanol–water partition coefficient (Wildman–Crippen LogP) is 5.62. The van der Waals surface area contributed by atoms with Gasteiger partial charge in [0.2, 0.25) is 0 Å². The molecule has 0 N–H and O–H groups in total. The molecule has 0 aliphatic rings. The molecule has 0 saturated heterocycles. The van der Waals surface area contributed by atoms with Crippen molar-refractivity contribution < 1.29 is 0 Å². The fourth-order valence-corrected chi connectivity index (χ4v) is 2.70. The Kier molecular flexibility index (Phi) is 5.34. The molecule has 1 unspecified atom stereocenters. The molecule has 0 aliphatic carbocycles. The van der Waals surface area contributed by atoms with Gasteiger partial charge in [-0.25, -0.2) is 0 Å². The van der Waals surface area contributed by atoms with Crippen LogP contribution in [0.4, 0.5) is 0 Å². The van der Waals surface area contributed by atoms with E-state index in [4.69, 9.17) is 4.99 Å². The summed E-state index contributed by atoms with van der Waals surface area (Å²) in [7, 11) is 0.